The second-order valence-electron chi connectivity index (χ2n) is 7.52. The molecule has 3 aromatic carbocycles. The van der Waals surface area contributed by atoms with Crippen molar-refractivity contribution in [3.63, 3.8) is 0 Å². The normalized spacial score (nSPS) is 11.8. The van der Waals surface area contributed by atoms with Gasteiger partial charge in [0.05, 0.1) is 11.0 Å². The van der Waals surface area contributed by atoms with E-state index in [2.05, 4.69) is 45.0 Å². The number of nitrogens with zero attached hydrogens (tertiary/aromatic N) is 1. The van der Waals surface area contributed by atoms with Crippen molar-refractivity contribution in [3.05, 3.63) is 95.0 Å². The van der Waals surface area contributed by atoms with Gasteiger partial charge in [0.15, 0.2) is 0 Å². The van der Waals surface area contributed by atoms with Crippen LogP contribution in [0.2, 0.25) is 5.04 Å². The lowest BCUT2D eigenvalue weighted by Crippen LogP contribution is -2.68. The van der Waals surface area contributed by atoms with Crippen LogP contribution in [0.5, 0.6) is 5.75 Å². The molecule has 4 nitrogen and oxygen atoms in total. The zero-order valence-corrected chi connectivity index (χ0v) is 16.8. The molecule has 0 aliphatic heterocycles. The maximum absolute atomic E-state index is 11.2. The average molecular weight is 378 g/mol. The molecule has 0 amide bonds. The lowest BCUT2D eigenvalue weighted by Gasteiger charge is -2.42. The maximum atomic E-state index is 11.2. The van der Waals surface area contributed by atoms with Crippen molar-refractivity contribution < 1.29 is 9.35 Å². The van der Waals surface area contributed by atoms with Gasteiger partial charge in [0.2, 0.25) is 0 Å². The van der Waals surface area contributed by atoms with Crippen molar-refractivity contribution >= 4 is 24.4 Å². The Hall–Kier alpha value is -2.92. The summed E-state index contributed by atoms with van der Waals surface area (Å²) in [6.07, 6.45) is 0. The molecule has 0 radical (unpaired) electrons. The Bertz CT molecular complexity index is 882. The van der Waals surface area contributed by atoms with E-state index in [1.807, 2.05) is 36.4 Å². The van der Waals surface area contributed by atoms with Crippen LogP contribution in [-0.2, 0) is 0 Å². The zero-order valence-electron chi connectivity index (χ0n) is 15.8. The highest BCUT2D eigenvalue weighted by Crippen LogP contribution is 2.38. The van der Waals surface area contributed by atoms with E-state index in [9.17, 15) is 10.1 Å². The molecule has 0 atom stereocenters. The van der Waals surface area contributed by atoms with Gasteiger partial charge < -0.3 is 4.43 Å². The van der Waals surface area contributed by atoms with Gasteiger partial charge in [-0.2, -0.15) is 0 Å². The first-order chi connectivity index (χ1) is 12.8. The molecule has 0 aliphatic carbocycles. The van der Waals surface area contributed by atoms with Crippen molar-refractivity contribution in [2.24, 2.45) is 0 Å². The number of benzene rings is 3. The second-order valence-corrected chi connectivity index (χ2v) is 11.7. The Morgan fingerprint density at radius 1 is 0.815 bits per heavy atom. The molecule has 0 saturated carbocycles. The highest BCUT2D eigenvalue weighted by Gasteiger charge is 2.52. The molecule has 0 unspecified atom stereocenters. The van der Waals surface area contributed by atoms with E-state index < -0.39 is 13.2 Å². The van der Waals surface area contributed by atoms with Crippen LogP contribution < -0.4 is 14.8 Å². The first-order valence-corrected chi connectivity index (χ1v) is 10.8. The predicted octanol–water partition coefficient (Wildman–Crippen LogP) is 4.53. The predicted molar refractivity (Wildman–Crippen MR) is 111 cm³/mol. The molecule has 27 heavy (non-hydrogen) atoms. The van der Waals surface area contributed by atoms with Crippen LogP contribution in [0.1, 0.15) is 20.8 Å². The Balaban J connectivity index is 2.24. The van der Waals surface area contributed by atoms with Gasteiger partial charge in [0, 0.05) is 6.07 Å². The molecule has 0 aromatic heterocycles. The van der Waals surface area contributed by atoms with Gasteiger partial charge in [-0.25, -0.2) is 0 Å². The fourth-order valence-electron chi connectivity index (χ4n) is 3.49. The second kappa shape index (κ2) is 7.37. The summed E-state index contributed by atoms with van der Waals surface area (Å²) in [4.78, 5) is 10.8. The van der Waals surface area contributed by atoms with Crippen LogP contribution in [0.25, 0.3) is 0 Å². The van der Waals surface area contributed by atoms with Crippen LogP contribution in [0.15, 0.2) is 84.9 Å². The van der Waals surface area contributed by atoms with Gasteiger partial charge in [-0.1, -0.05) is 87.5 Å². The van der Waals surface area contributed by atoms with E-state index in [-0.39, 0.29) is 10.7 Å². The lowest BCUT2D eigenvalue weighted by molar-refractivity contribution is -0.384. The van der Waals surface area contributed by atoms with E-state index in [4.69, 9.17) is 4.43 Å². The van der Waals surface area contributed by atoms with Gasteiger partial charge in [-0.3, -0.25) is 10.1 Å². The minimum Gasteiger partial charge on any atom is -0.534 e. The molecule has 0 bridgehead atoms. The maximum Gasteiger partial charge on any atom is 0.319 e. The van der Waals surface area contributed by atoms with Crippen LogP contribution in [-0.4, -0.2) is 13.2 Å². The highest BCUT2D eigenvalue weighted by atomic mass is 28.4. The number of nitro benzene ring substituents is 1. The molecule has 0 aliphatic rings. The SMILES string of the molecule is CC(C)(C)[Si](Oc1cccc([N+](=O)[O-])c1)(c1ccccc1)c1ccccc1. The minimum absolute atomic E-state index is 0.0328. The Labute approximate surface area is 160 Å². The van der Waals surface area contributed by atoms with E-state index in [1.165, 1.54) is 12.1 Å². The van der Waals surface area contributed by atoms with Crippen LogP contribution >= 0.6 is 0 Å². The third-order valence-corrected chi connectivity index (χ3v) is 9.66. The Kier molecular flexibility index (Phi) is 5.14. The zero-order chi connectivity index (χ0) is 19.5. The van der Waals surface area contributed by atoms with E-state index >= 15 is 0 Å². The average Bonchev–Trinajstić information content (AvgIpc) is 2.66. The molecule has 5 heteroatoms. The summed E-state index contributed by atoms with van der Waals surface area (Å²) in [5.41, 5.74) is 0.0328. The number of rotatable bonds is 5. The topological polar surface area (TPSA) is 52.4 Å². The molecule has 0 N–H and O–H groups in total. The van der Waals surface area contributed by atoms with Crippen LogP contribution in [0.4, 0.5) is 5.69 Å². The van der Waals surface area contributed by atoms with Gasteiger partial charge in [-0.15, -0.1) is 0 Å². The molecular formula is C22H23NO3Si. The van der Waals surface area contributed by atoms with Crippen LogP contribution in [0.3, 0.4) is 0 Å². The molecule has 3 aromatic rings. The van der Waals surface area contributed by atoms with Gasteiger partial charge in [0.1, 0.15) is 5.75 Å². The summed E-state index contributed by atoms with van der Waals surface area (Å²) in [6, 6.07) is 26.9. The quantitative estimate of drug-likeness (QED) is 0.373. The number of hydrogen-bond donors (Lipinski definition) is 0. The van der Waals surface area contributed by atoms with Crippen molar-refractivity contribution in [3.8, 4) is 5.75 Å². The fraction of sp³-hybridized carbons (Fsp3) is 0.182. The number of nitro groups is 1. The van der Waals surface area contributed by atoms with E-state index in [1.54, 1.807) is 12.1 Å². The van der Waals surface area contributed by atoms with Crippen molar-refractivity contribution in [1.82, 2.24) is 0 Å². The summed E-state index contributed by atoms with van der Waals surface area (Å²) in [5, 5.41) is 13.3. The molecule has 0 heterocycles. The van der Waals surface area contributed by atoms with Gasteiger partial charge in [0.25, 0.3) is 5.69 Å². The summed E-state index contributed by atoms with van der Waals surface area (Å²) in [6.45, 7) is 6.53. The summed E-state index contributed by atoms with van der Waals surface area (Å²) in [5.74, 6) is 0.526. The molecule has 138 valence electrons. The van der Waals surface area contributed by atoms with E-state index in [0.29, 0.717) is 5.75 Å². The largest absolute Gasteiger partial charge is 0.534 e. The smallest absolute Gasteiger partial charge is 0.319 e. The van der Waals surface area contributed by atoms with Crippen LogP contribution in [0, 0.1) is 10.1 Å². The summed E-state index contributed by atoms with van der Waals surface area (Å²) in [7, 11) is -2.77. The third-order valence-electron chi connectivity index (χ3n) is 4.72. The lowest BCUT2D eigenvalue weighted by atomic mass is 10.2. The number of non-ortho nitro benzene ring substituents is 1. The molecule has 0 fully saturated rings. The highest BCUT2D eigenvalue weighted by molar-refractivity contribution is 7.00. The molecular weight excluding hydrogens is 354 g/mol. The molecule has 0 saturated heterocycles. The number of hydrogen-bond acceptors (Lipinski definition) is 3. The standard InChI is InChI=1S/C22H23NO3Si/c1-22(2,3)27(20-13-6-4-7-14-20,21-15-8-5-9-16-21)26-19-12-10-11-18(17-19)23(24)25/h4-17H,1-3H3. The van der Waals surface area contributed by atoms with Crippen molar-refractivity contribution in [2.45, 2.75) is 25.8 Å². The summed E-state index contributed by atoms with van der Waals surface area (Å²) >= 11 is 0. The minimum atomic E-state index is -2.77. The Morgan fingerprint density at radius 3 is 1.78 bits per heavy atom. The first kappa shape index (κ1) is 18.9. The fourth-order valence-corrected chi connectivity index (χ4v) is 7.90. The monoisotopic (exact) mass is 377 g/mol. The first-order valence-electron chi connectivity index (χ1n) is 8.89. The van der Waals surface area contributed by atoms with Gasteiger partial charge >= 0.3 is 8.32 Å². The van der Waals surface area contributed by atoms with Gasteiger partial charge in [-0.05, 0) is 21.5 Å². The Morgan fingerprint density at radius 2 is 1.33 bits per heavy atom. The summed E-state index contributed by atoms with van der Waals surface area (Å²) < 4.78 is 6.76. The van der Waals surface area contributed by atoms with Crippen molar-refractivity contribution in [1.29, 1.82) is 0 Å². The van der Waals surface area contributed by atoms with E-state index in [0.717, 1.165) is 10.4 Å². The van der Waals surface area contributed by atoms with Crippen molar-refractivity contribution in [2.75, 3.05) is 0 Å². The molecule has 0 spiro atoms. The molecule has 3 rings (SSSR count). The third kappa shape index (κ3) is 3.64.